The number of carbonyl (C=O) groups is 10. The van der Waals surface area contributed by atoms with Gasteiger partial charge in [0.2, 0.25) is 59.1 Å². The Balaban J connectivity index is 1.24. The van der Waals surface area contributed by atoms with Crippen LogP contribution in [0.2, 0.25) is 0 Å². The van der Waals surface area contributed by atoms with Crippen molar-refractivity contribution in [3.8, 4) is 0 Å². The van der Waals surface area contributed by atoms with E-state index in [4.69, 9.17) is 10.5 Å². The third kappa shape index (κ3) is 22.3. The fourth-order valence-electron chi connectivity index (χ4n) is 15.1. The number of nitrogens with two attached hydrogens (primary N) is 1. The molecule has 10 amide bonds. The largest absolute Gasteiger partial charge is 0.391 e. The number of hydrogen-bond donors (Lipinski definition) is 11. The lowest BCUT2D eigenvalue weighted by atomic mass is 9.83. The molecule has 26 nitrogen and oxygen atoms in total. The van der Waals surface area contributed by atoms with Gasteiger partial charge in [-0.2, -0.15) is 0 Å². The molecular formula is C68H119N13O13. The fourth-order valence-corrected chi connectivity index (χ4v) is 15.1. The molecule has 6 aliphatic rings. The van der Waals surface area contributed by atoms with E-state index in [2.05, 4.69) is 47.4 Å². The summed E-state index contributed by atoms with van der Waals surface area (Å²) in [7, 11) is 3.22. The summed E-state index contributed by atoms with van der Waals surface area (Å²) >= 11 is 0. The van der Waals surface area contributed by atoms with Crippen LogP contribution in [0.1, 0.15) is 191 Å². The zero-order valence-corrected chi connectivity index (χ0v) is 58.4. The molecule has 12 N–H and O–H groups in total. The SMILES string of the molecule is CC(C)C[C@H]1C(=O)N[C@@H](C2CCCCC2)C(=O)N[C@@H](CN)C(=O)N[C@@H]([C@H](C)O)C(=O)NCCN(CCC2CCC(OC[C@@H]3NC(=O)[C@H](C4CCCCC4)NC(=O)[C@H](CC(C)C)N(C)C(=O)[C@H](C)N(CC4CCCC4)C[C@@H](C)NC(=O)[C@H]([C@H](C)O)NC3=O)C2)[C@@H](C)C(=O)N1C. The molecular weight excluding hydrogens is 1210 g/mol. The van der Waals surface area contributed by atoms with Crippen LogP contribution >= 0.6 is 0 Å². The normalized spacial score (nSPS) is 32.3. The summed E-state index contributed by atoms with van der Waals surface area (Å²) in [5.74, 6) is -5.94. The summed E-state index contributed by atoms with van der Waals surface area (Å²) in [4.78, 5) is 152. The lowest BCUT2D eigenvalue weighted by Crippen LogP contribution is -2.63. The van der Waals surface area contributed by atoms with Gasteiger partial charge in [0.1, 0.15) is 48.3 Å². The molecule has 2 heterocycles. The highest BCUT2D eigenvalue weighted by Gasteiger charge is 2.43. The lowest BCUT2D eigenvalue weighted by Gasteiger charge is -2.38. The van der Waals surface area contributed by atoms with Crippen LogP contribution in [0.3, 0.4) is 0 Å². The molecule has 0 radical (unpaired) electrons. The number of hydrogen-bond acceptors (Lipinski definition) is 16. The third-order valence-electron chi connectivity index (χ3n) is 20.8. The number of aliphatic hydroxyl groups is 2. The highest BCUT2D eigenvalue weighted by molar-refractivity contribution is 5.98. The summed E-state index contributed by atoms with van der Waals surface area (Å²) in [5.41, 5.74) is 6.05. The highest BCUT2D eigenvalue weighted by Crippen LogP contribution is 2.33. The Morgan fingerprint density at radius 1 is 0.511 bits per heavy atom. The van der Waals surface area contributed by atoms with Gasteiger partial charge in [-0.3, -0.25) is 57.7 Å². The summed E-state index contributed by atoms with van der Waals surface area (Å²) < 4.78 is 6.58. The quantitative estimate of drug-likeness (QED) is 0.0978. The van der Waals surface area contributed by atoms with Gasteiger partial charge in [0.15, 0.2) is 0 Å². The second-order valence-corrected chi connectivity index (χ2v) is 29.4. The first-order valence-electron chi connectivity index (χ1n) is 35.7. The summed E-state index contributed by atoms with van der Waals surface area (Å²) in [6.45, 7) is 16.7. The molecule has 2 saturated heterocycles. The van der Waals surface area contributed by atoms with Crippen LogP contribution < -0.4 is 48.3 Å². The Morgan fingerprint density at radius 3 is 1.47 bits per heavy atom. The molecule has 0 aromatic heterocycles. The number of nitrogens with zero attached hydrogens (tertiary/aromatic N) is 4. The van der Waals surface area contributed by atoms with Gasteiger partial charge in [0, 0.05) is 52.9 Å². The molecule has 4 saturated carbocycles. The molecule has 94 heavy (non-hydrogen) atoms. The van der Waals surface area contributed by atoms with Crippen molar-refractivity contribution in [2.45, 2.75) is 276 Å². The van der Waals surface area contributed by atoms with Crippen LogP contribution in [0.4, 0.5) is 0 Å². The Bertz CT molecular complexity index is 2520. The molecule has 26 heteroatoms. The van der Waals surface area contributed by atoms with Crippen LogP contribution in [-0.2, 0) is 52.7 Å². The number of carbonyl (C=O) groups excluding carboxylic acids is 10. The average Bonchev–Trinajstić information content (AvgIpc) is 1.17. The molecule has 0 spiro atoms. The molecule has 6 fully saturated rings. The first-order chi connectivity index (χ1) is 44.6. The van der Waals surface area contributed by atoms with Crippen LogP contribution in [0.15, 0.2) is 0 Å². The van der Waals surface area contributed by atoms with E-state index in [-0.39, 0.29) is 80.6 Å². The predicted octanol–water partition coefficient (Wildman–Crippen LogP) is 1.32. The standard InChI is InChI=1S/C68H119N13O13/c1-39(2)32-53-61(86)76-57(48-22-14-12-15-23-48)65(90)72-51(35-69)59(84)74-55(44(8)82)63(88)70-29-31-80(42(6)67(92)78(53)10)30-28-46-26-27-50(34-46)94-38-52-60(85)75-56(45(9)83)64(89)71-41(5)36-81(37-47-20-18-19-21-47)43(7)68(93)79(11)54(33-40(3)4)62(87)77-58(66(91)73-52)49-24-16-13-17-25-49/h39-58,82-83H,12-38,69H2,1-11H3,(H,70,88)(H,71,89)(H,72,90)(H,73,91)(H,74,84)(H,75,85)(H,76,86)(H,77,87)/t41-,42+,43+,44+,45+,46?,50?,51+,52+,53+,54+,55+,56+,57+,58+/m1/s1. The summed E-state index contributed by atoms with van der Waals surface area (Å²) in [6.07, 6.45) is 11.9. The maximum absolute atomic E-state index is 15.0. The van der Waals surface area contributed by atoms with E-state index in [1.54, 1.807) is 21.0 Å². The van der Waals surface area contributed by atoms with E-state index in [0.717, 1.165) is 64.2 Å². The van der Waals surface area contributed by atoms with E-state index in [1.165, 1.54) is 23.6 Å². The molecule has 0 aromatic rings. The second-order valence-electron chi connectivity index (χ2n) is 29.4. The monoisotopic (exact) mass is 1330 g/mol. The van der Waals surface area contributed by atoms with Crippen LogP contribution in [0.25, 0.3) is 0 Å². The van der Waals surface area contributed by atoms with Crippen LogP contribution in [0, 0.1) is 35.5 Å². The summed E-state index contributed by atoms with van der Waals surface area (Å²) in [6, 6.07) is -11.6. The molecule has 0 bridgehead atoms. The van der Waals surface area contributed by atoms with Crippen molar-refractivity contribution >= 4 is 59.1 Å². The minimum absolute atomic E-state index is 0.00109. The van der Waals surface area contributed by atoms with E-state index in [1.807, 2.05) is 46.4 Å². The van der Waals surface area contributed by atoms with E-state index >= 15 is 0 Å². The first kappa shape index (κ1) is 77.5. The highest BCUT2D eigenvalue weighted by atomic mass is 16.5. The number of amides is 10. The van der Waals surface area contributed by atoms with Crippen LogP contribution in [-0.4, -0.2) is 234 Å². The molecule has 2 unspecified atom stereocenters. The first-order valence-corrected chi connectivity index (χ1v) is 35.7. The van der Waals surface area contributed by atoms with Crippen molar-refractivity contribution in [3.05, 3.63) is 0 Å². The number of rotatable bonds is 17. The second kappa shape index (κ2) is 37.3. The number of nitrogens with one attached hydrogen (secondary N) is 8. The van der Waals surface area contributed by atoms with Gasteiger partial charge < -0.3 is 73.0 Å². The fraction of sp³-hybridized carbons (Fsp3) is 0.853. The Kier molecular flexibility index (Phi) is 30.7. The number of ether oxygens (including phenoxy) is 1. The molecule has 15 atom stereocenters. The van der Waals surface area contributed by atoms with Crippen molar-refractivity contribution < 1.29 is 62.9 Å². The predicted molar refractivity (Wildman–Crippen MR) is 356 cm³/mol. The van der Waals surface area contributed by atoms with E-state index < -0.39 is 132 Å². The average molecular weight is 1330 g/mol. The van der Waals surface area contributed by atoms with Gasteiger partial charge in [-0.15, -0.1) is 0 Å². The van der Waals surface area contributed by atoms with Gasteiger partial charge in [-0.05, 0) is 154 Å². The van der Waals surface area contributed by atoms with Crippen molar-refractivity contribution in [1.29, 1.82) is 0 Å². The Hall–Kier alpha value is -5.54. The van der Waals surface area contributed by atoms with Crippen molar-refractivity contribution in [2.24, 2.45) is 41.2 Å². The van der Waals surface area contributed by atoms with Crippen molar-refractivity contribution in [1.82, 2.24) is 62.1 Å². The van der Waals surface area contributed by atoms with Gasteiger partial charge in [0.05, 0.1) is 37.0 Å². The maximum Gasteiger partial charge on any atom is 0.245 e. The molecule has 534 valence electrons. The van der Waals surface area contributed by atoms with Gasteiger partial charge >= 0.3 is 0 Å². The zero-order valence-electron chi connectivity index (χ0n) is 58.4. The van der Waals surface area contributed by atoms with Crippen molar-refractivity contribution in [2.75, 3.05) is 60.0 Å². The zero-order chi connectivity index (χ0) is 69.1. The summed E-state index contributed by atoms with van der Waals surface area (Å²) in [5, 5.41) is 44.8. The third-order valence-corrected chi connectivity index (χ3v) is 20.8. The lowest BCUT2D eigenvalue weighted by molar-refractivity contribution is -0.145. The molecule has 4 aliphatic carbocycles. The van der Waals surface area contributed by atoms with Gasteiger partial charge in [-0.1, -0.05) is 79.1 Å². The van der Waals surface area contributed by atoms with Gasteiger partial charge in [0.25, 0.3) is 0 Å². The van der Waals surface area contributed by atoms with Gasteiger partial charge in [-0.25, -0.2) is 0 Å². The molecule has 2 aliphatic heterocycles. The van der Waals surface area contributed by atoms with E-state index in [9.17, 15) is 58.2 Å². The smallest absolute Gasteiger partial charge is 0.245 e. The topological polar surface area (TPSA) is 356 Å². The van der Waals surface area contributed by atoms with Crippen LogP contribution in [0.5, 0.6) is 0 Å². The molecule has 6 rings (SSSR count). The minimum atomic E-state index is -1.45. The van der Waals surface area contributed by atoms with Crippen molar-refractivity contribution in [3.63, 3.8) is 0 Å². The number of aliphatic hydroxyl groups excluding tert-OH is 2. The number of likely N-dealkylation sites (N-methyl/N-ethyl adjacent to an activating group) is 2. The van der Waals surface area contributed by atoms with E-state index in [0.29, 0.717) is 76.8 Å². The Morgan fingerprint density at radius 2 is 0.979 bits per heavy atom. The maximum atomic E-state index is 15.0. The molecule has 0 aromatic carbocycles. The minimum Gasteiger partial charge on any atom is -0.391 e. The Labute approximate surface area is 558 Å².